The molecule has 0 heterocycles. The molecule has 0 aliphatic heterocycles. The summed E-state index contributed by atoms with van der Waals surface area (Å²) in [6.07, 6.45) is 6.52. The molecule has 0 aromatic heterocycles. The first-order valence-corrected chi connectivity index (χ1v) is 7.04. The maximum atomic E-state index is 12.7. The molecule has 0 saturated heterocycles. The third kappa shape index (κ3) is 4.98. The first-order chi connectivity index (χ1) is 10.1. The highest BCUT2D eigenvalue weighted by Gasteiger charge is 2.19. The normalized spacial score (nSPS) is 15.9. The predicted octanol–water partition coefficient (Wildman–Crippen LogP) is 1.72. The summed E-state index contributed by atoms with van der Waals surface area (Å²) in [5.74, 6) is -1.81. The van der Waals surface area contributed by atoms with Crippen molar-refractivity contribution in [3.8, 4) is 0 Å². The Hall–Kier alpha value is -2.24. The molecule has 1 saturated carbocycles. The van der Waals surface area contributed by atoms with E-state index in [-0.39, 0.29) is 11.9 Å². The van der Waals surface area contributed by atoms with Gasteiger partial charge in [0.2, 0.25) is 0 Å². The van der Waals surface area contributed by atoms with E-state index in [9.17, 15) is 14.0 Å². The molecule has 0 atom stereocenters. The van der Waals surface area contributed by atoms with Crippen molar-refractivity contribution in [3.05, 3.63) is 35.6 Å². The Morgan fingerprint density at radius 1 is 1.10 bits per heavy atom. The van der Waals surface area contributed by atoms with E-state index in [1.54, 1.807) is 0 Å². The largest absolute Gasteiger partial charge is 0.345 e. The zero-order valence-electron chi connectivity index (χ0n) is 11.6. The molecular weight excluding hydrogens is 273 g/mol. The minimum Gasteiger partial charge on any atom is -0.345 e. The second kappa shape index (κ2) is 7.52. The Kier molecular flexibility index (Phi) is 5.43. The first kappa shape index (κ1) is 15.2. The number of nitrogens with one attached hydrogen (secondary N) is 2. The molecule has 1 aliphatic rings. The minimum absolute atomic E-state index is 0.0816. The van der Waals surface area contributed by atoms with E-state index < -0.39 is 11.8 Å². The van der Waals surface area contributed by atoms with Crippen molar-refractivity contribution in [1.29, 1.82) is 0 Å². The van der Waals surface area contributed by atoms with E-state index in [0.717, 1.165) is 25.7 Å². The standard InChI is InChI=1S/C15H18FN3O2/c16-12-8-6-11(7-9-12)10-17-19-15(21)14(20)18-13-4-2-1-3-5-13/h6-10,13H,1-5H2,(H,18,20)(H,19,21)/b17-10-. The van der Waals surface area contributed by atoms with Crippen molar-refractivity contribution in [2.24, 2.45) is 5.10 Å². The van der Waals surface area contributed by atoms with Crippen molar-refractivity contribution in [2.45, 2.75) is 38.1 Å². The number of halogens is 1. The van der Waals surface area contributed by atoms with Crippen LogP contribution < -0.4 is 10.7 Å². The Morgan fingerprint density at radius 3 is 2.43 bits per heavy atom. The summed E-state index contributed by atoms with van der Waals surface area (Å²) in [5.41, 5.74) is 2.79. The lowest BCUT2D eigenvalue weighted by Crippen LogP contribution is -2.44. The highest BCUT2D eigenvalue weighted by molar-refractivity contribution is 6.35. The summed E-state index contributed by atoms with van der Waals surface area (Å²) >= 11 is 0. The van der Waals surface area contributed by atoms with Crippen LogP contribution in [0.2, 0.25) is 0 Å². The van der Waals surface area contributed by atoms with Crippen molar-refractivity contribution < 1.29 is 14.0 Å². The van der Waals surface area contributed by atoms with Crippen molar-refractivity contribution in [2.75, 3.05) is 0 Å². The lowest BCUT2D eigenvalue weighted by atomic mass is 9.95. The molecule has 2 amide bonds. The molecule has 1 aromatic carbocycles. The van der Waals surface area contributed by atoms with Gasteiger partial charge in [0.25, 0.3) is 0 Å². The zero-order chi connectivity index (χ0) is 15.1. The smallest absolute Gasteiger partial charge is 0.329 e. The number of hydrogen-bond acceptors (Lipinski definition) is 3. The van der Waals surface area contributed by atoms with Crippen LogP contribution in [0.3, 0.4) is 0 Å². The van der Waals surface area contributed by atoms with Crippen LogP contribution in [0.25, 0.3) is 0 Å². The number of benzene rings is 1. The Morgan fingerprint density at radius 2 is 1.76 bits per heavy atom. The van der Waals surface area contributed by atoms with Crippen LogP contribution in [0.5, 0.6) is 0 Å². The third-order valence-corrected chi connectivity index (χ3v) is 3.40. The van der Waals surface area contributed by atoms with Gasteiger partial charge in [0, 0.05) is 6.04 Å². The summed E-state index contributed by atoms with van der Waals surface area (Å²) in [6.45, 7) is 0. The fourth-order valence-electron chi connectivity index (χ4n) is 2.26. The fourth-order valence-corrected chi connectivity index (χ4v) is 2.26. The number of amides is 2. The zero-order valence-corrected chi connectivity index (χ0v) is 11.6. The number of hydrogen-bond donors (Lipinski definition) is 2. The van der Waals surface area contributed by atoms with Crippen molar-refractivity contribution in [3.63, 3.8) is 0 Å². The highest BCUT2D eigenvalue weighted by Crippen LogP contribution is 2.17. The summed E-state index contributed by atoms with van der Waals surface area (Å²) in [4.78, 5) is 23.2. The van der Waals surface area contributed by atoms with Crippen LogP contribution in [0.4, 0.5) is 4.39 Å². The van der Waals surface area contributed by atoms with Crippen molar-refractivity contribution >= 4 is 18.0 Å². The molecule has 2 rings (SSSR count). The molecule has 1 fully saturated rings. The van der Waals surface area contributed by atoms with Gasteiger partial charge in [-0.05, 0) is 30.5 Å². The molecule has 2 N–H and O–H groups in total. The van der Waals surface area contributed by atoms with Crippen LogP contribution >= 0.6 is 0 Å². The van der Waals surface area contributed by atoms with Gasteiger partial charge >= 0.3 is 11.8 Å². The molecular formula is C15H18FN3O2. The second-order valence-corrected chi connectivity index (χ2v) is 5.06. The van der Waals surface area contributed by atoms with E-state index in [4.69, 9.17) is 0 Å². The van der Waals surface area contributed by atoms with E-state index in [0.29, 0.717) is 5.56 Å². The third-order valence-electron chi connectivity index (χ3n) is 3.40. The van der Waals surface area contributed by atoms with Crippen LogP contribution in [0.1, 0.15) is 37.7 Å². The summed E-state index contributed by atoms with van der Waals surface area (Å²) in [7, 11) is 0. The van der Waals surface area contributed by atoms with E-state index >= 15 is 0 Å². The van der Waals surface area contributed by atoms with E-state index in [2.05, 4.69) is 15.8 Å². The molecule has 5 nitrogen and oxygen atoms in total. The van der Waals surface area contributed by atoms with E-state index in [1.807, 2.05) is 0 Å². The van der Waals surface area contributed by atoms with Crippen LogP contribution in [0, 0.1) is 5.82 Å². The van der Waals surface area contributed by atoms with Crippen LogP contribution in [-0.2, 0) is 9.59 Å². The molecule has 0 bridgehead atoms. The van der Waals surface area contributed by atoms with Gasteiger partial charge in [0.1, 0.15) is 5.82 Å². The fraction of sp³-hybridized carbons (Fsp3) is 0.400. The van der Waals surface area contributed by atoms with Gasteiger partial charge in [0.05, 0.1) is 6.21 Å². The van der Waals surface area contributed by atoms with Crippen molar-refractivity contribution in [1.82, 2.24) is 10.7 Å². The van der Waals surface area contributed by atoms with Crippen LogP contribution in [0.15, 0.2) is 29.4 Å². The highest BCUT2D eigenvalue weighted by atomic mass is 19.1. The SMILES string of the molecule is O=C(N/N=C\c1ccc(F)cc1)C(=O)NC1CCCCC1. The monoisotopic (exact) mass is 291 g/mol. The van der Waals surface area contributed by atoms with Crippen LogP contribution in [-0.4, -0.2) is 24.1 Å². The summed E-state index contributed by atoms with van der Waals surface area (Å²) in [6, 6.07) is 5.70. The Balaban J connectivity index is 1.77. The lowest BCUT2D eigenvalue weighted by molar-refractivity contribution is -0.139. The molecule has 0 radical (unpaired) electrons. The summed E-state index contributed by atoms with van der Waals surface area (Å²) < 4.78 is 12.7. The van der Waals surface area contributed by atoms with Gasteiger partial charge in [-0.2, -0.15) is 5.10 Å². The second-order valence-electron chi connectivity index (χ2n) is 5.06. The van der Waals surface area contributed by atoms with E-state index in [1.165, 1.54) is 36.9 Å². The van der Waals surface area contributed by atoms with Gasteiger partial charge < -0.3 is 5.32 Å². The topological polar surface area (TPSA) is 70.6 Å². The molecule has 0 spiro atoms. The van der Waals surface area contributed by atoms with Gasteiger partial charge in [-0.3, -0.25) is 9.59 Å². The molecule has 0 unspecified atom stereocenters. The average Bonchev–Trinajstić information content (AvgIpc) is 2.50. The lowest BCUT2D eigenvalue weighted by Gasteiger charge is -2.22. The number of carbonyl (C=O) groups is 2. The average molecular weight is 291 g/mol. The Bertz CT molecular complexity index is 522. The predicted molar refractivity (Wildman–Crippen MR) is 77.2 cm³/mol. The quantitative estimate of drug-likeness (QED) is 0.506. The van der Waals surface area contributed by atoms with Gasteiger partial charge in [-0.15, -0.1) is 0 Å². The summed E-state index contributed by atoms with van der Waals surface area (Å²) in [5, 5.41) is 6.38. The molecule has 1 aliphatic carbocycles. The molecule has 21 heavy (non-hydrogen) atoms. The number of nitrogens with zero attached hydrogens (tertiary/aromatic N) is 1. The molecule has 112 valence electrons. The number of carbonyl (C=O) groups excluding carboxylic acids is 2. The minimum atomic E-state index is -0.793. The number of rotatable bonds is 3. The van der Waals surface area contributed by atoms with Gasteiger partial charge in [-0.1, -0.05) is 31.4 Å². The number of hydrazone groups is 1. The first-order valence-electron chi connectivity index (χ1n) is 7.04. The maximum Gasteiger partial charge on any atom is 0.329 e. The van der Waals surface area contributed by atoms with Gasteiger partial charge in [0.15, 0.2) is 0 Å². The molecule has 1 aromatic rings. The maximum absolute atomic E-state index is 12.7. The Labute approximate surface area is 122 Å². The molecule has 6 heteroatoms. The van der Waals surface area contributed by atoms with Gasteiger partial charge in [-0.25, -0.2) is 9.82 Å².